The van der Waals surface area contributed by atoms with Crippen LogP contribution in [0, 0.1) is 11.8 Å². The molecule has 1 aromatic carbocycles. The number of aliphatic imine (C=N–C) groups is 1. The molecule has 2 atom stereocenters. The average Bonchev–Trinajstić information content (AvgIpc) is 3.31. The summed E-state index contributed by atoms with van der Waals surface area (Å²) in [5.41, 5.74) is 1.23. The van der Waals surface area contributed by atoms with Gasteiger partial charge in [0.1, 0.15) is 0 Å². The lowest BCUT2D eigenvalue weighted by Gasteiger charge is -2.19. The van der Waals surface area contributed by atoms with Crippen LogP contribution in [0.3, 0.4) is 0 Å². The number of amides is 3. The largest absolute Gasteiger partial charge is 0.291 e. The quantitative estimate of drug-likeness (QED) is 0.673. The third-order valence-corrected chi connectivity index (χ3v) is 7.04. The molecule has 4 rings (SSSR count). The van der Waals surface area contributed by atoms with E-state index in [1.165, 1.54) is 10.5 Å². The number of carbonyl (C=O) groups is 3. The fraction of sp³-hybridized carbons (Fsp3) is 0.545. The molecule has 1 aliphatic carbocycles. The van der Waals surface area contributed by atoms with Crippen molar-refractivity contribution in [3.63, 3.8) is 0 Å². The molecule has 29 heavy (non-hydrogen) atoms. The summed E-state index contributed by atoms with van der Waals surface area (Å²) in [4.78, 5) is 45.6. The zero-order valence-electron chi connectivity index (χ0n) is 16.6. The minimum absolute atomic E-state index is 0.0519. The van der Waals surface area contributed by atoms with Crippen molar-refractivity contribution in [1.82, 2.24) is 9.80 Å². The average molecular weight is 414 g/mol. The minimum atomic E-state index is -0.149. The normalized spacial score (nSPS) is 25.7. The number of hydrogen-bond acceptors (Lipinski definition) is 5. The second-order valence-electron chi connectivity index (χ2n) is 7.87. The van der Waals surface area contributed by atoms with Gasteiger partial charge in [-0.05, 0) is 24.8 Å². The van der Waals surface area contributed by atoms with E-state index in [0.29, 0.717) is 13.1 Å². The first-order valence-corrected chi connectivity index (χ1v) is 11.5. The highest BCUT2D eigenvalue weighted by atomic mass is 32.2. The molecular weight excluding hydrogens is 386 g/mol. The zero-order chi connectivity index (χ0) is 20.2. The summed E-state index contributed by atoms with van der Waals surface area (Å²) in [6.45, 7) is 1.48. The molecule has 3 amide bonds. The predicted molar refractivity (Wildman–Crippen MR) is 113 cm³/mol. The van der Waals surface area contributed by atoms with Crippen LogP contribution < -0.4 is 0 Å². The molecular formula is C22H27N3O3S. The summed E-state index contributed by atoms with van der Waals surface area (Å²) in [5, 5.41) is 0.763. The highest BCUT2D eigenvalue weighted by Crippen LogP contribution is 2.38. The van der Waals surface area contributed by atoms with Crippen LogP contribution in [0.5, 0.6) is 0 Å². The second-order valence-corrected chi connectivity index (χ2v) is 8.93. The van der Waals surface area contributed by atoms with E-state index in [0.717, 1.165) is 43.0 Å². The lowest BCUT2D eigenvalue weighted by molar-refractivity contribution is -0.140. The fourth-order valence-corrected chi connectivity index (χ4v) is 5.47. The molecule has 0 bridgehead atoms. The van der Waals surface area contributed by atoms with Gasteiger partial charge < -0.3 is 0 Å². The van der Waals surface area contributed by atoms with Crippen LogP contribution in [0.2, 0.25) is 0 Å². The van der Waals surface area contributed by atoms with Gasteiger partial charge in [-0.1, -0.05) is 54.9 Å². The molecule has 1 aromatic rings. The van der Waals surface area contributed by atoms with E-state index in [2.05, 4.69) is 17.1 Å². The van der Waals surface area contributed by atoms with Gasteiger partial charge in [-0.15, -0.1) is 0 Å². The Kier molecular flexibility index (Phi) is 6.33. The number of thioether (sulfide) groups is 1. The Morgan fingerprint density at radius 2 is 1.76 bits per heavy atom. The number of likely N-dealkylation sites (tertiary alicyclic amines) is 1. The van der Waals surface area contributed by atoms with Crippen LogP contribution in [0.15, 0.2) is 35.3 Å². The molecule has 0 aromatic heterocycles. The van der Waals surface area contributed by atoms with Gasteiger partial charge in [-0.2, -0.15) is 0 Å². The van der Waals surface area contributed by atoms with Crippen LogP contribution >= 0.6 is 11.8 Å². The second kappa shape index (κ2) is 9.11. The summed E-state index contributed by atoms with van der Waals surface area (Å²) < 4.78 is 0. The summed E-state index contributed by atoms with van der Waals surface area (Å²) in [7, 11) is 0. The molecule has 0 spiro atoms. The summed E-state index contributed by atoms with van der Waals surface area (Å²) in [6, 6.07) is 10.2. The maximum Gasteiger partial charge on any atom is 0.233 e. The number of rotatable bonds is 6. The molecule has 2 heterocycles. The van der Waals surface area contributed by atoms with E-state index < -0.39 is 0 Å². The summed E-state index contributed by atoms with van der Waals surface area (Å²) >= 11 is 1.60. The maximum atomic E-state index is 12.8. The fourth-order valence-electron chi connectivity index (χ4n) is 4.48. The zero-order valence-corrected chi connectivity index (χ0v) is 17.4. The van der Waals surface area contributed by atoms with Crippen molar-refractivity contribution >= 4 is 34.7 Å². The van der Waals surface area contributed by atoms with Gasteiger partial charge in [-0.3, -0.25) is 29.2 Å². The maximum absolute atomic E-state index is 12.8. The highest BCUT2D eigenvalue weighted by Gasteiger charge is 2.48. The Bertz CT molecular complexity index is 787. The smallest absolute Gasteiger partial charge is 0.233 e. The van der Waals surface area contributed by atoms with Gasteiger partial charge in [0.15, 0.2) is 5.17 Å². The topological polar surface area (TPSA) is 70.1 Å². The molecule has 7 heteroatoms. The highest BCUT2D eigenvalue weighted by molar-refractivity contribution is 8.14. The lowest BCUT2D eigenvalue weighted by atomic mass is 9.81. The van der Waals surface area contributed by atoms with Gasteiger partial charge in [0.25, 0.3) is 0 Å². The first-order chi connectivity index (χ1) is 14.1. The number of benzene rings is 1. The third-order valence-electron chi connectivity index (χ3n) is 6.05. The standard InChI is InChI=1S/C22H27N3O3S/c26-19(11-13-25-20(27)17-8-4-5-9-18(17)21(25)28)24-14-15-29-22(24)23-12-10-16-6-2-1-3-7-16/h1-3,6-7,17-18H,4-5,8-15H2/t17-,18-/m0/s1. The minimum Gasteiger partial charge on any atom is -0.291 e. The van der Waals surface area contributed by atoms with Crippen molar-refractivity contribution in [2.75, 3.05) is 25.4 Å². The molecule has 0 unspecified atom stereocenters. The molecule has 1 saturated carbocycles. The van der Waals surface area contributed by atoms with Crippen molar-refractivity contribution in [3.05, 3.63) is 35.9 Å². The molecule has 3 fully saturated rings. The van der Waals surface area contributed by atoms with E-state index in [1.54, 1.807) is 16.7 Å². The summed E-state index contributed by atoms with van der Waals surface area (Å²) in [6.07, 6.45) is 4.66. The van der Waals surface area contributed by atoms with Crippen molar-refractivity contribution in [3.8, 4) is 0 Å². The van der Waals surface area contributed by atoms with E-state index in [1.807, 2.05) is 18.2 Å². The van der Waals surface area contributed by atoms with Gasteiger partial charge >= 0.3 is 0 Å². The molecule has 2 saturated heterocycles. The first kappa shape index (κ1) is 20.1. The SMILES string of the molecule is O=C(CCN1C(=O)[C@H]2CCCC[C@@H]2C1=O)N1CCSC1=NCCc1ccccc1. The predicted octanol–water partition coefficient (Wildman–Crippen LogP) is 2.73. The Labute approximate surface area is 175 Å². The number of nitrogens with zero attached hydrogens (tertiary/aromatic N) is 3. The van der Waals surface area contributed by atoms with Crippen LogP contribution in [-0.2, 0) is 20.8 Å². The van der Waals surface area contributed by atoms with Crippen molar-refractivity contribution in [1.29, 1.82) is 0 Å². The Morgan fingerprint density at radius 1 is 1.07 bits per heavy atom. The number of fused-ring (bicyclic) bond motifs is 1. The van der Waals surface area contributed by atoms with Gasteiger partial charge in [-0.25, -0.2) is 0 Å². The van der Waals surface area contributed by atoms with Gasteiger partial charge in [0, 0.05) is 31.8 Å². The van der Waals surface area contributed by atoms with E-state index in [-0.39, 0.29) is 42.5 Å². The number of imide groups is 1. The number of hydrogen-bond donors (Lipinski definition) is 0. The van der Waals surface area contributed by atoms with Gasteiger partial charge in [0.2, 0.25) is 17.7 Å². The Hall–Kier alpha value is -2.15. The summed E-state index contributed by atoms with van der Waals surface area (Å²) in [5.74, 6) is 0.346. The van der Waals surface area contributed by atoms with Crippen LogP contribution in [0.1, 0.15) is 37.7 Å². The Balaban J connectivity index is 1.31. The monoisotopic (exact) mass is 413 g/mol. The molecule has 0 radical (unpaired) electrons. The molecule has 2 aliphatic heterocycles. The van der Waals surface area contributed by atoms with E-state index >= 15 is 0 Å². The van der Waals surface area contributed by atoms with Crippen molar-refractivity contribution in [2.45, 2.75) is 38.5 Å². The van der Waals surface area contributed by atoms with Gasteiger partial charge in [0.05, 0.1) is 11.8 Å². The number of amidine groups is 1. The molecule has 6 nitrogen and oxygen atoms in total. The number of carbonyl (C=O) groups excluding carboxylic acids is 3. The van der Waals surface area contributed by atoms with Crippen LogP contribution in [0.25, 0.3) is 0 Å². The third kappa shape index (κ3) is 4.39. The van der Waals surface area contributed by atoms with E-state index in [9.17, 15) is 14.4 Å². The molecule has 0 N–H and O–H groups in total. The van der Waals surface area contributed by atoms with Crippen molar-refractivity contribution in [2.24, 2.45) is 16.8 Å². The van der Waals surface area contributed by atoms with Crippen molar-refractivity contribution < 1.29 is 14.4 Å². The van der Waals surface area contributed by atoms with E-state index in [4.69, 9.17) is 0 Å². The first-order valence-electron chi connectivity index (χ1n) is 10.5. The molecule has 154 valence electrons. The lowest BCUT2D eigenvalue weighted by Crippen LogP contribution is -2.38. The Morgan fingerprint density at radius 3 is 2.45 bits per heavy atom. The van der Waals surface area contributed by atoms with Crippen LogP contribution in [0.4, 0.5) is 0 Å². The van der Waals surface area contributed by atoms with Crippen LogP contribution in [-0.4, -0.2) is 58.1 Å². The molecule has 3 aliphatic rings.